The Morgan fingerprint density at radius 2 is 1.96 bits per heavy atom. The molecule has 0 bridgehead atoms. The van der Waals surface area contributed by atoms with Crippen molar-refractivity contribution in [1.82, 2.24) is 9.55 Å². The molecule has 3 N–H and O–H groups in total. The van der Waals surface area contributed by atoms with Gasteiger partial charge >= 0.3 is 11.7 Å². The topological polar surface area (TPSA) is 133 Å². The van der Waals surface area contributed by atoms with Crippen LogP contribution in [0.3, 0.4) is 0 Å². The van der Waals surface area contributed by atoms with Crippen molar-refractivity contribution < 1.29 is 19.1 Å². The quantitative estimate of drug-likeness (QED) is 0.538. The van der Waals surface area contributed by atoms with Crippen LogP contribution >= 0.6 is 0 Å². The lowest BCUT2D eigenvalue weighted by molar-refractivity contribution is 0.0474. The third kappa shape index (κ3) is 4.84. The first kappa shape index (κ1) is 20.0. The number of aromatic nitrogens is 2. The molecule has 0 aliphatic rings. The summed E-state index contributed by atoms with van der Waals surface area (Å²) >= 11 is 0. The zero-order valence-electron chi connectivity index (χ0n) is 15.3. The molecule has 0 spiro atoms. The number of ether oxygens (including phenoxy) is 2. The first-order valence-corrected chi connectivity index (χ1v) is 8.22. The molecule has 0 amide bonds. The second-order valence-electron chi connectivity index (χ2n) is 6.31. The van der Waals surface area contributed by atoms with E-state index in [9.17, 15) is 19.2 Å². The molecule has 0 fully saturated rings. The van der Waals surface area contributed by atoms with Crippen LogP contribution in [0.25, 0.3) is 0 Å². The Balaban J connectivity index is 2.09. The highest BCUT2D eigenvalue weighted by atomic mass is 16.5. The van der Waals surface area contributed by atoms with E-state index in [1.54, 1.807) is 12.1 Å². The first-order chi connectivity index (χ1) is 12.7. The molecule has 0 saturated carbocycles. The number of nitrogen functional groups attached to an aromatic ring is 1. The summed E-state index contributed by atoms with van der Waals surface area (Å²) in [7, 11) is 1.30. The van der Waals surface area contributed by atoms with E-state index in [-0.39, 0.29) is 11.4 Å². The van der Waals surface area contributed by atoms with Crippen molar-refractivity contribution >= 4 is 17.6 Å². The van der Waals surface area contributed by atoms with E-state index in [1.165, 1.54) is 19.2 Å². The van der Waals surface area contributed by atoms with Gasteiger partial charge in [0.2, 0.25) is 5.78 Å². The lowest BCUT2D eigenvalue weighted by Gasteiger charge is -2.10. The van der Waals surface area contributed by atoms with Gasteiger partial charge in [-0.15, -0.1) is 0 Å². The largest absolute Gasteiger partial charge is 0.493 e. The molecule has 0 aliphatic heterocycles. The van der Waals surface area contributed by atoms with Crippen LogP contribution in [0.5, 0.6) is 5.75 Å². The summed E-state index contributed by atoms with van der Waals surface area (Å²) in [4.78, 5) is 49.6. The molecule has 0 radical (unpaired) electrons. The fourth-order valence-electron chi connectivity index (χ4n) is 2.17. The van der Waals surface area contributed by atoms with Crippen LogP contribution in [-0.4, -0.2) is 34.5 Å². The van der Waals surface area contributed by atoms with Gasteiger partial charge in [0, 0.05) is 7.05 Å². The standard InChI is InChI=1S/C18H21N3O6/c1-10(2)8-26-12-6-4-5-11(7-12)17(24)27-9-13(22)14-15(19)21(3)18(25)20-16(14)23/h4-7,10H,8-9,19H2,1-3H3,(H,20,23,25). The average Bonchev–Trinajstić information content (AvgIpc) is 2.62. The molecule has 9 nitrogen and oxygen atoms in total. The third-order valence-electron chi connectivity index (χ3n) is 3.64. The van der Waals surface area contributed by atoms with Crippen LogP contribution in [-0.2, 0) is 11.8 Å². The SMILES string of the molecule is CC(C)COc1cccc(C(=O)OCC(=O)c2c(N)n(C)c(=O)[nH]c2=O)c1. The molecule has 1 aromatic carbocycles. The van der Waals surface area contributed by atoms with Crippen LogP contribution in [0.2, 0.25) is 0 Å². The Morgan fingerprint density at radius 1 is 1.26 bits per heavy atom. The molecule has 0 atom stereocenters. The number of rotatable bonds is 7. The zero-order chi connectivity index (χ0) is 20.1. The Labute approximate surface area is 154 Å². The molecule has 144 valence electrons. The van der Waals surface area contributed by atoms with Gasteiger partial charge in [-0.2, -0.15) is 0 Å². The maximum Gasteiger partial charge on any atom is 0.338 e. The van der Waals surface area contributed by atoms with Gasteiger partial charge in [0.25, 0.3) is 5.56 Å². The summed E-state index contributed by atoms with van der Waals surface area (Å²) in [5.74, 6) is -1.04. The van der Waals surface area contributed by atoms with E-state index in [0.29, 0.717) is 18.3 Å². The van der Waals surface area contributed by atoms with Gasteiger partial charge in [-0.25, -0.2) is 9.59 Å². The number of aromatic amines is 1. The highest BCUT2D eigenvalue weighted by molar-refractivity contribution is 6.02. The van der Waals surface area contributed by atoms with Crippen LogP contribution < -0.4 is 21.7 Å². The Morgan fingerprint density at radius 3 is 2.63 bits per heavy atom. The minimum Gasteiger partial charge on any atom is -0.493 e. The number of anilines is 1. The number of nitrogens with two attached hydrogens (primary N) is 1. The molecule has 2 aromatic rings. The highest BCUT2D eigenvalue weighted by Crippen LogP contribution is 2.15. The normalized spacial score (nSPS) is 10.7. The maximum absolute atomic E-state index is 12.2. The van der Waals surface area contributed by atoms with E-state index < -0.39 is 35.2 Å². The average molecular weight is 375 g/mol. The summed E-state index contributed by atoms with van der Waals surface area (Å²) in [6, 6.07) is 6.35. The van der Waals surface area contributed by atoms with Crippen LogP contribution in [0.15, 0.2) is 33.9 Å². The van der Waals surface area contributed by atoms with Crippen molar-refractivity contribution in [2.75, 3.05) is 18.9 Å². The molecule has 27 heavy (non-hydrogen) atoms. The molecule has 2 rings (SSSR count). The summed E-state index contributed by atoms with van der Waals surface area (Å²) in [6.45, 7) is 3.79. The van der Waals surface area contributed by atoms with Gasteiger partial charge in [-0.05, 0) is 24.1 Å². The van der Waals surface area contributed by atoms with Crippen LogP contribution in [0.4, 0.5) is 5.82 Å². The van der Waals surface area contributed by atoms with Crippen LogP contribution in [0.1, 0.15) is 34.6 Å². The first-order valence-electron chi connectivity index (χ1n) is 8.22. The van der Waals surface area contributed by atoms with Crippen molar-refractivity contribution in [3.8, 4) is 5.75 Å². The van der Waals surface area contributed by atoms with Gasteiger partial charge < -0.3 is 15.2 Å². The fourth-order valence-corrected chi connectivity index (χ4v) is 2.17. The molecule has 0 unspecified atom stereocenters. The van der Waals surface area contributed by atoms with Crippen molar-refractivity contribution in [2.45, 2.75) is 13.8 Å². The molecule has 1 aromatic heterocycles. The molecule has 1 heterocycles. The Hall–Kier alpha value is -3.36. The molecule has 0 saturated heterocycles. The molecule has 0 aliphatic carbocycles. The molecular formula is C18H21N3O6. The van der Waals surface area contributed by atoms with E-state index >= 15 is 0 Å². The lowest BCUT2D eigenvalue weighted by atomic mass is 10.2. The smallest absolute Gasteiger partial charge is 0.338 e. The van der Waals surface area contributed by atoms with Gasteiger partial charge in [-0.1, -0.05) is 19.9 Å². The van der Waals surface area contributed by atoms with Gasteiger partial charge in [0.05, 0.1) is 12.2 Å². The van der Waals surface area contributed by atoms with E-state index in [4.69, 9.17) is 15.2 Å². The number of esters is 1. The number of nitrogens with zero attached hydrogens (tertiary/aromatic N) is 1. The number of carbonyl (C=O) groups is 2. The number of H-pyrrole nitrogens is 1. The summed E-state index contributed by atoms with van der Waals surface area (Å²) < 4.78 is 11.4. The number of benzene rings is 1. The number of Topliss-reactive ketones (excluding diaryl/α,β-unsaturated/α-hetero) is 1. The Bertz CT molecular complexity index is 974. The summed E-state index contributed by atoms with van der Waals surface area (Å²) in [5.41, 5.74) is 3.74. The van der Waals surface area contributed by atoms with Crippen molar-refractivity contribution in [3.63, 3.8) is 0 Å². The summed E-state index contributed by atoms with van der Waals surface area (Å²) in [5, 5.41) is 0. The van der Waals surface area contributed by atoms with E-state index in [1.807, 2.05) is 18.8 Å². The fraction of sp³-hybridized carbons (Fsp3) is 0.333. The van der Waals surface area contributed by atoms with Crippen molar-refractivity contribution in [3.05, 3.63) is 56.2 Å². The summed E-state index contributed by atoms with van der Waals surface area (Å²) in [6.07, 6.45) is 0. The minimum atomic E-state index is -0.930. The minimum absolute atomic E-state index is 0.200. The maximum atomic E-state index is 12.2. The van der Waals surface area contributed by atoms with Gasteiger partial charge in [0.1, 0.15) is 17.1 Å². The number of carbonyl (C=O) groups excluding carboxylic acids is 2. The molecule has 9 heteroatoms. The zero-order valence-corrected chi connectivity index (χ0v) is 15.3. The predicted octanol–water partition coefficient (Wildman–Crippen LogP) is 0.730. The third-order valence-corrected chi connectivity index (χ3v) is 3.64. The van der Waals surface area contributed by atoms with E-state index in [2.05, 4.69) is 0 Å². The lowest BCUT2D eigenvalue weighted by Crippen LogP contribution is -2.35. The van der Waals surface area contributed by atoms with Crippen molar-refractivity contribution in [2.24, 2.45) is 13.0 Å². The number of ketones is 1. The van der Waals surface area contributed by atoms with Gasteiger partial charge in [0.15, 0.2) is 6.61 Å². The monoisotopic (exact) mass is 375 g/mol. The predicted molar refractivity (Wildman–Crippen MR) is 98.1 cm³/mol. The Kier molecular flexibility index (Phi) is 6.17. The van der Waals surface area contributed by atoms with E-state index in [0.717, 1.165) is 4.57 Å². The number of hydrogen-bond acceptors (Lipinski definition) is 7. The van der Waals surface area contributed by atoms with Crippen molar-refractivity contribution in [1.29, 1.82) is 0 Å². The number of nitrogens with one attached hydrogen (secondary N) is 1. The van der Waals surface area contributed by atoms with Gasteiger partial charge in [-0.3, -0.25) is 19.1 Å². The second kappa shape index (κ2) is 8.35. The van der Waals surface area contributed by atoms with Crippen LogP contribution in [0, 0.1) is 5.92 Å². The molecular weight excluding hydrogens is 354 g/mol. The highest BCUT2D eigenvalue weighted by Gasteiger charge is 2.20. The second-order valence-corrected chi connectivity index (χ2v) is 6.31. The number of hydrogen-bond donors (Lipinski definition) is 2.